The summed E-state index contributed by atoms with van der Waals surface area (Å²) in [7, 11) is 0. The Labute approximate surface area is 158 Å². The van der Waals surface area contributed by atoms with Crippen LogP contribution < -0.4 is 5.32 Å². The van der Waals surface area contributed by atoms with Gasteiger partial charge in [-0.2, -0.15) is 0 Å². The molecule has 0 saturated carbocycles. The zero-order valence-corrected chi connectivity index (χ0v) is 16.1. The Kier molecular flexibility index (Phi) is 5.65. The van der Waals surface area contributed by atoms with Crippen molar-refractivity contribution >= 4 is 17.5 Å². The number of carbonyl (C=O) groups excluding carboxylic acids is 1. The van der Waals surface area contributed by atoms with Crippen LogP contribution in [0.4, 0.5) is 0 Å². The molecule has 0 radical (unpaired) electrons. The average molecular weight is 378 g/mol. The first-order chi connectivity index (χ1) is 12.4. The molecule has 1 amide bonds. The fourth-order valence-corrected chi connectivity index (χ4v) is 3.11. The van der Waals surface area contributed by atoms with E-state index in [-0.39, 0.29) is 11.4 Å². The molecule has 1 aliphatic rings. The molecule has 1 aromatic heterocycles. The van der Waals surface area contributed by atoms with Crippen LogP contribution in [-0.2, 0) is 4.74 Å². The lowest BCUT2D eigenvalue weighted by Gasteiger charge is -2.40. The molecule has 1 saturated heterocycles. The number of amides is 1. The van der Waals surface area contributed by atoms with E-state index in [2.05, 4.69) is 29.0 Å². The molecular weight excluding hydrogens is 354 g/mol. The molecule has 1 aromatic carbocycles. The van der Waals surface area contributed by atoms with E-state index in [0.29, 0.717) is 28.9 Å². The van der Waals surface area contributed by atoms with Gasteiger partial charge in [0.2, 0.25) is 5.89 Å². The van der Waals surface area contributed by atoms with Crippen molar-refractivity contribution in [2.45, 2.75) is 26.3 Å². The summed E-state index contributed by atoms with van der Waals surface area (Å²) in [6, 6.07) is 7.16. The molecule has 0 spiro atoms. The lowest BCUT2D eigenvalue weighted by atomic mass is 10.0. The molecule has 1 aliphatic heterocycles. The molecule has 1 N–H and O–H groups in total. The van der Waals surface area contributed by atoms with E-state index in [4.69, 9.17) is 20.8 Å². The van der Waals surface area contributed by atoms with Crippen LogP contribution in [0.2, 0.25) is 5.02 Å². The van der Waals surface area contributed by atoms with Crippen molar-refractivity contribution in [3.05, 3.63) is 40.7 Å². The number of hydrogen-bond donors (Lipinski definition) is 1. The predicted octanol–water partition coefficient (Wildman–Crippen LogP) is 3.14. The third kappa shape index (κ3) is 4.26. The summed E-state index contributed by atoms with van der Waals surface area (Å²) in [5.74, 6) is 0.682. The first kappa shape index (κ1) is 18.9. The molecule has 6 nitrogen and oxygen atoms in total. The summed E-state index contributed by atoms with van der Waals surface area (Å²) in [4.78, 5) is 19.3. The number of oxazole rings is 1. The van der Waals surface area contributed by atoms with E-state index in [1.54, 1.807) is 19.1 Å². The van der Waals surface area contributed by atoms with Gasteiger partial charge in [-0.3, -0.25) is 9.69 Å². The van der Waals surface area contributed by atoms with Crippen LogP contribution >= 0.6 is 11.6 Å². The van der Waals surface area contributed by atoms with Crippen molar-refractivity contribution in [3.63, 3.8) is 0 Å². The fraction of sp³-hybridized carbons (Fsp3) is 0.474. The molecule has 0 bridgehead atoms. The Balaban J connectivity index is 1.67. The quantitative estimate of drug-likeness (QED) is 0.866. The van der Waals surface area contributed by atoms with Gasteiger partial charge in [0.15, 0.2) is 5.69 Å². The van der Waals surface area contributed by atoms with Crippen molar-refractivity contribution in [3.8, 4) is 11.5 Å². The summed E-state index contributed by atoms with van der Waals surface area (Å²) in [5, 5.41) is 3.63. The van der Waals surface area contributed by atoms with Gasteiger partial charge >= 0.3 is 0 Å². The van der Waals surface area contributed by atoms with Gasteiger partial charge in [-0.15, -0.1) is 0 Å². The maximum atomic E-state index is 12.6. The van der Waals surface area contributed by atoms with E-state index in [1.807, 2.05) is 12.1 Å². The molecule has 1 fully saturated rings. The molecular formula is C19H24ClN3O3. The molecule has 7 heteroatoms. The number of aromatic nitrogens is 1. The van der Waals surface area contributed by atoms with E-state index >= 15 is 0 Å². The van der Waals surface area contributed by atoms with Crippen LogP contribution in [0.15, 0.2) is 28.7 Å². The van der Waals surface area contributed by atoms with Gasteiger partial charge in [-0.1, -0.05) is 11.6 Å². The van der Waals surface area contributed by atoms with Gasteiger partial charge in [0.05, 0.1) is 13.2 Å². The zero-order valence-electron chi connectivity index (χ0n) is 15.3. The lowest BCUT2D eigenvalue weighted by molar-refractivity contribution is -0.00924. The summed E-state index contributed by atoms with van der Waals surface area (Å²) >= 11 is 5.91. The fourth-order valence-electron chi connectivity index (χ4n) is 2.98. The van der Waals surface area contributed by atoms with Gasteiger partial charge in [-0.05, 0) is 45.0 Å². The average Bonchev–Trinajstić information content (AvgIpc) is 3.03. The summed E-state index contributed by atoms with van der Waals surface area (Å²) in [6.07, 6.45) is 0. The van der Waals surface area contributed by atoms with Crippen molar-refractivity contribution < 1.29 is 13.9 Å². The predicted molar refractivity (Wildman–Crippen MR) is 100 cm³/mol. The number of carbonyl (C=O) groups is 1. The molecule has 0 atom stereocenters. The Morgan fingerprint density at radius 2 is 1.92 bits per heavy atom. The van der Waals surface area contributed by atoms with Gasteiger partial charge in [0, 0.05) is 35.8 Å². The molecule has 0 aliphatic carbocycles. The van der Waals surface area contributed by atoms with E-state index in [1.165, 1.54) is 0 Å². The molecule has 26 heavy (non-hydrogen) atoms. The van der Waals surface area contributed by atoms with Crippen LogP contribution in [0.1, 0.15) is 30.1 Å². The largest absolute Gasteiger partial charge is 0.441 e. The molecule has 2 heterocycles. The second kappa shape index (κ2) is 7.78. The van der Waals surface area contributed by atoms with Crippen molar-refractivity contribution in [1.29, 1.82) is 0 Å². The number of nitrogens with one attached hydrogen (secondary N) is 1. The smallest absolute Gasteiger partial charge is 0.273 e. The number of halogens is 1. The third-order valence-corrected chi connectivity index (χ3v) is 4.90. The Morgan fingerprint density at radius 3 is 2.58 bits per heavy atom. The Hall–Kier alpha value is -1.89. The lowest BCUT2D eigenvalue weighted by Crippen LogP contribution is -2.55. The minimum Gasteiger partial charge on any atom is -0.441 e. The molecule has 3 rings (SSSR count). The van der Waals surface area contributed by atoms with Crippen LogP contribution in [0.3, 0.4) is 0 Å². The maximum Gasteiger partial charge on any atom is 0.273 e. The van der Waals surface area contributed by atoms with Crippen LogP contribution in [0.25, 0.3) is 11.5 Å². The number of benzene rings is 1. The number of nitrogens with zero attached hydrogens (tertiary/aromatic N) is 2. The first-order valence-corrected chi connectivity index (χ1v) is 9.09. The normalized spacial score (nSPS) is 15.8. The second-order valence-electron chi connectivity index (χ2n) is 7.03. The minimum absolute atomic E-state index is 0.157. The van der Waals surface area contributed by atoms with E-state index in [9.17, 15) is 4.79 Å². The highest BCUT2D eigenvalue weighted by atomic mass is 35.5. The van der Waals surface area contributed by atoms with Crippen molar-refractivity contribution in [2.75, 3.05) is 32.8 Å². The van der Waals surface area contributed by atoms with E-state index < -0.39 is 0 Å². The van der Waals surface area contributed by atoms with Crippen molar-refractivity contribution in [2.24, 2.45) is 0 Å². The highest BCUT2D eigenvalue weighted by Crippen LogP contribution is 2.23. The molecule has 0 unspecified atom stereocenters. The SMILES string of the molecule is Cc1oc(-c2ccc(Cl)cc2)nc1C(=O)NCC(C)(C)N1CCOCC1. The number of morpholine rings is 1. The Morgan fingerprint density at radius 1 is 1.27 bits per heavy atom. The third-order valence-electron chi connectivity index (χ3n) is 4.65. The van der Waals surface area contributed by atoms with Gasteiger partial charge < -0.3 is 14.5 Å². The molecule has 2 aromatic rings. The summed E-state index contributed by atoms with van der Waals surface area (Å²) in [6.45, 7) is 9.69. The number of ether oxygens (including phenoxy) is 1. The topological polar surface area (TPSA) is 67.6 Å². The maximum absolute atomic E-state index is 12.6. The number of aryl methyl sites for hydroxylation is 1. The van der Waals surface area contributed by atoms with Crippen LogP contribution in [0.5, 0.6) is 0 Å². The van der Waals surface area contributed by atoms with Crippen molar-refractivity contribution in [1.82, 2.24) is 15.2 Å². The highest BCUT2D eigenvalue weighted by Gasteiger charge is 2.29. The van der Waals surface area contributed by atoms with E-state index in [0.717, 1.165) is 31.9 Å². The standard InChI is InChI=1S/C19H24ClN3O3/c1-13-16(22-18(26-13)14-4-6-15(20)7-5-14)17(24)21-12-19(2,3)23-8-10-25-11-9-23/h4-7H,8-12H2,1-3H3,(H,21,24). The van der Waals surface area contributed by atoms with Crippen LogP contribution in [0, 0.1) is 6.92 Å². The summed E-state index contributed by atoms with van der Waals surface area (Å²) in [5.41, 5.74) is 0.939. The zero-order chi connectivity index (χ0) is 18.7. The van der Waals surface area contributed by atoms with Crippen LogP contribution in [-0.4, -0.2) is 54.2 Å². The second-order valence-corrected chi connectivity index (χ2v) is 7.46. The number of hydrogen-bond acceptors (Lipinski definition) is 5. The Bertz CT molecular complexity index is 765. The van der Waals surface area contributed by atoms with Gasteiger partial charge in [0.1, 0.15) is 5.76 Å². The van der Waals surface area contributed by atoms with Gasteiger partial charge in [0.25, 0.3) is 5.91 Å². The molecule has 140 valence electrons. The number of rotatable bonds is 5. The first-order valence-electron chi connectivity index (χ1n) is 8.71. The summed E-state index contributed by atoms with van der Waals surface area (Å²) < 4.78 is 11.1. The van der Waals surface area contributed by atoms with Gasteiger partial charge in [-0.25, -0.2) is 4.98 Å². The highest BCUT2D eigenvalue weighted by molar-refractivity contribution is 6.30. The monoisotopic (exact) mass is 377 g/mol. The minimum atomic E-state index is -0.229.